The lowest BCUT2D eigenvalue weighted by atomic mass is 10.2. The minimum Gasteiger partial charge on any atom is -0.309 e. The van der Waals surface area contributed by atoms with E-state index >= 15 is 0 Å². The third-order valence-corrected chi connectivity index (χ3v) is 1.65. The average molecular weight is 172 g/mol. The highest BCUT2D eigenvalue weighted by Crippen LogP contribution is 2.00. The molecule has 0 bridgehead atoms. The largest absolute Gasteiger partial charge is 0.579 e. The summed E-state index contributed by atoms with van der Waals surface area (Å²) in [7, 11) is 4.09. The molecule has 70 valence electrons. The van der Waals surface area contributed by atoms with Gasteiger partial charge in [-0.25, -0.2) is 0 Å². The minimum absolute atomic E-state index is 0.208. The van der Waals surface area contributed by atoms with E-state index in [9.17, 15) is 4.79 Å². The Morgan fingerprint density at radius 2 is 2.00 bits per heavy atom. The molecule has 0 aromatic rings. The van der Waals surface area contributed by atoms with Crippen LogP contribution in [-0.2, 0) is 9.22 Å². The van der Waals surface area contributed by atoms with Crippen molar-refractivity contribution in [3.63, 3.8) is 0 Å². The maximum atomic E-state index is 10.6. The van der Waals surface area contributed by atoms with Gasteiger partial charge in [0.1, 0.15) is 6.42 Å². The predicted octanol–water partition coefficient (Wildman–Crippen LogP) is 0.999. The highest BCUT2D eigenvalue weighted by atomic mass is 16.4. The second-order valence-electron chi connectivity index (χ2n) is 3.13. The van der Waals surface area contributed by atoms with Gasteiger partial charge in [-0.1, -0.05) is 6.42 Å². The van der Waals surface area contributed by atoms with Crippen LogP contribution in [0.25, 0.3) is 0 Å². The third kappa shape index (κ3) is 7.41. The second kappa shape index (κ2) is 6.98. The highest BCUT2D eigenvalue weighted by Gasteiger charge is 2.09. The van der Waals surface area contributed by atoms with E-state index in [-0.39, 0.29) is 5.97 Å². The smallest absolute Gasteiger partial charge is 0.309 e. The van der Waals surface area contributed by atoms with Crippen LogP contribution in [0.15, 0.2) is 0 Å². The molecular formula is C9H18NO2+. The number of carbonyl (C=O) groups excluding carboxylic acids is 2. The fourth-order valence-electron chi connectivity index (χ4n) is 0.946. The SMILES string of the molecule is C=[O+]C(=O)CCCCCN(C)C. The van der Waals surface area contributed by atoms with Gasteiger partial charge in [0.05, 0.1) is 0 Å². The van der Waals surface area contributed by atoms with Crippen LogP contribution < -0.4 is 0 Å². The molecule has 0 aliphatic heterocycles. The number of unbranched alkanes of at least 4 members (excludes halogenated alkanes) is 2. The van der Waals surface area contributed by atoms with Crippen LogP contribution in [0.3, 0.4) is 0 Å². The van der Waals surface area contributed by atoms with Crippen LogP contribution in [0, 0.1) is 0 Å². The molecule has 0 atom stereocenters. The summed E-state index contributed by atoms with van der Waals surface area (Å²) < 4.78 is 4.28. The summed E-state index contributed by atoms with van der Waals surface area (Å²) in [5.74, 6) is -0.208. The summed E-state index contributed by atoms with van der Waals surface area (Å²) in [4.78, 5) is 12.8. The van der Waals surface area contributed by atoms with E-state index < -0.39 is 0 Å². The molecule has 0 N–H and O–H groups in total. The summed E-state index contributed by atoms with van der Waals surface area (Å²) in [6.45, 7) is 4.14. The van der Waals surface area contributed by atoms with Gasteiger partial charge in [0, 0.05) is 4.79 Å². The highest BCUT2D eigenvalue weighted by molar-refractivity contribution is 5.66. The van der Waals surface area contributed by atoms with Crippen LogP contribution in [0.4, 0.5) is 0 Å². The first-order valence-corrected chi connectivity index (χ1v) is 4.26. The van der Waals surface area contributed by atoms with Crippen molar-refractivity contribution >= 4 is 12.8 Å². The van der Waals surface area contributed by atoms with Crippen molar-refractivity contribution in [2.75, 3.05) is 20.6 Å². The van der Waals surface area contributed by atoms with Crippen LogP contribution >= 0.6 is 0 Å². The minimum atomic E-state index is -0.208. The molecule has 0 aromatic heterocycles. The topological polar surface area (TPSA) is 31.6 Å². The van der Waals surface area contributed by atoms with Crippen molar-refractivity contribution in [2.45, 2.75) is 25.7 Å². The van der Waals surface area contributed by atoms with Gasteiger partial charge in [-0.15, -0.1) is 0 Å². The van der Waals surface area contributed by atoms with Gasteiger partial charge < -0.3 is 4.90 Å². The molecule has 0 rings (SSSR count). The van der Waals surface area contributed by atoms with Gasteiger partial charge in [0.15, 0.2) is 6.79 Å². The quantitative estimate of drug-likeness (QED) is 0.442. The van der Waals surface area contributed by atoms with Gasteiger partial charge in [0.25, 0.3) is 0 Å². The van der Waals surface area contributed by atoms with Crippen molar-refractivity contribution in [1.29, 1.82) is 0 Å². The lowest BCUT2D eigenvalue weighted by molar-refractivity contribution is -0.369. The molecule has 0 heterocycles. The number of nitrogens with zero attached hydrogens (tertiary/aromatic N) is 1. The molecule has 3 nitrogen and oxygen atoms in total. The van der Waals surface area contributed by atoms with Gasteiger partial charge in [-0.2, -0.15) is 0 Å². The molecule has 0 spiro atoms. The van der Waals surface area contributed by atoms with Crippen LogP contribution in [0.5, 0.6) is 0 Å². The van der Waals surface area contributed by atoms with Crippen LogP contribution in [-0.4, -0.2) is 38.3 Å². The Hall–Kier alpha value is -0.700. The fourth-order valence-corrected chi connectivity index (χ4v) is 0.946. The summed E-state index contributed by atoms with van der Waals surface area (Å²) in [5, 5.41) is 0. The fraction of sp³-hybridized carbons (Fsp3) is 0.778. The zero-order chi connectivity index (χ0) is 9.40. The van der Waals surface area contributed by atoms with Crippen molar-refractivity contribution in [1.82, 2.24) is 4.90 Å². The van der Waals surface area contributed by atoms with E-state index in [1.165, 1.54) is 0 Å². The molecule has 0 saturated heterocycles. The second-order valence-corrected chi connectivity index (χ2v) is 3.13. The van der Waals surface area contributed by atoms with E-state index in [0.717, 1.165) is 25.8 Å². The maximum Gasteiger partial charge on any atom is 0.579 e. The number of hydrogen-bond acceptors (Lipinski definition) is 2. The maximum absolute atomic E-state index is 10.6. The Morgan fingerprint density at radius 3 is 2.50 bits per heavy atom. The predicted molar refractivity (Wildman–Crippen MR) is 49.2 cm³/mol. The lowest BCUT2D eigenvalue weighted by Gasteiger charge is -2.07. The van der Waals surface area contributed by atoms with Crippen LogP contribution in [0.2, 0.25) is 0 Å². The van der Waals surface area contributed by atoms with Gasteiger partial charge in [0.2, 0.25) is 0 Å². The molecule has 0 fully saturated rings. The van der Waals surface area contributed by atoms with Crippen LogP contribution in [0.1, 0.15) is 25.7 Å². The molecule has 3 heteroatoms. The number of carbonyl (C=O) groups is 1. The molecular weight excluding hydrogens is 154 g/mol. The first kappa shape index (κ1) is 11.3. The normalized spacial score (nSPS) is 10.2. The Kier molecular flexibility index (Phi) is 6.57. The third-order valence-electron chi connectivity index (χ3n) is 1.65. The first-order valence-electron chi connectivity index (χ1n) is 4.26. The summed E-state index contributed by atoms with van der Waals surface area (Å²) in [6, 6.07) is 0. The first-order chi connectivity index (χ1) is 5.66. The molecule has 0 aliphatic rings. The summed E-state index contributed by atoms with van der Waals surface area (Å²) in [6.07, 6.45) is 3.61. The van der Waals surface area contributed by atoms with E-state index in [1.54, 1.807) is 0 Å². The zero-order valence-corrected chi connectivity index (χ0v) is 8.01. The Bertz CT molecular complexity index is 143. The van der Waals surface area contributed by atoms with Crippen molar-refractivity contribution in [3.05, 3.63) is 0 Å². The number of rotatable bonds is 6. The Balaban J connectivity index is 3.11. The standard InChI is InChI=1S/C9H18NO2/c1-10(2)8-6-4-5-7-9(11)12-3/h3-8H2,1-2H3/q+1. The van der Waals surface area contributed by atoms with Gasteiger partial charge in [-0.05, 0) is 33.5 Å². The molecule has 0 aliphatic carbocycles. The van der Waals surface area contributed by atoms with Crippen molar-refractivity contribution in [3.8, 4) is 0 Å². The van der Waals surface area contributed by atoms with Crippen molar-refractivity contribution in [2.24, 2.45) is 0 Å². The molecule has 0 saturated carbocycles. The zero-order valence-electron chi connectivity index (χ0n) is 8.01. The Morgan fingerprint density at radius 1 is 1.33 bits per heavy atom. The van der Waals surface area contributed by atoms with E-state index in [4.69, 9.17) is 0 Å². The average Bonchev–Trinajstić information content (AvgIpc) is 2.03. The van der Waals surface area contributed by atoms with Crippen molar-refractivity contribution < 1.29 is 9.22 Å². The van der Waals surface area contributed by atoms with E-state index in [2.05, 4.69) is 16.1 Å². The van der Waals surface area contributed by atoms with Gasteiger partial charge >= 0.3 is 5.97 Å². The molecule has 0 unspecified atom stereocenters. The number of hydrogen-bond donors (Lipinski definition) is 0. The molecule has 0 radical (unpaired) electrons. The van der Waals surface area contributed by atoms with E-state index in [0.29, 0.717) is 6.42 Å². The van der Waals surface area contributed by atoms with E-state index in [1.807, 2.05) is 14.1 Å². The molecule has 0 amide bonds. The summed E-state index contributed by atoms with van der Waals surface area (Å²) >= 11 is 0. The monoisotopic (exact) mass is 172 g/mol. The summed E-state index contributed by atoms with van der Waals surface area (Å²) in [5.41, 5.74) is 0. The Labute approximate surface area is 74.1 Å². The molecule has 0 aromatic carbocycles. The molecule has 12 heavy (non-hydrogen) atoms. The lowest BCUT2D eigenvalue weighted by Crippen LogP contribution is -2.12. The van der Waals surface area contributed by atoms with Gasteiger partial charge in [-0.3, -0.25) is 4.42 Å².